The fourth-order valence-electron chi connectivity index (χ4n) is 3.14. The molecule has 2 heterocycles. The predicted octanol–water partition coefficient (Wildman–Crippen LogP) is 1.01. The lowest BCUT2D eigenvalue weighted by Gasteiger charge is -2.35. The van der Waals surface area contributed by atoms with E-state index >= 15 is 0 Å². The normalized spacial score (nSPS) is 33.4. The summed E-state index contributed by atoms with van der Waals surface area (Å²) < 4.78 is 0. The number of hydrogen-bond acceptors (Lipinski definition) is 3. The van der Waals surface area contributed by atoms with E-state index in [1.807, 2.05) is 0 Å². The minimum atomic E-state index is 0.748. The molecular formula is C13H27N3. The highest BCUT2D eigenvalue weighted by Gasteiger charge is 2.24. The number of piperazine rings is 1. The third kappa shape index (κ3) is 3.44. The van der Waals surface area contributed by atoms with Gasteiger partial charge in [0.25, 0.3) is 0 Å². The van der Waals surface area contributed by atoms with E-state index < -0.39 is 0 Å². The highest BCUT2D eigenvalue weighted by molar-refractivity contribution is 4.82. The van der Waals surface area contributed by atoms with E-state index in [1.165, 1.54) is 58.5 Å². The molecule has 2 saturated heterocycles. The molecule has 0 aromatic carbocycles. The second kappa shape index (κ2) is 5.99. The number of nitrogens with zero attached hydrogens (tertiary/aromatic N) is 2. The zero-order chi connectivity index (χ0) is 11.4. The summed E-state index contributed by atoms with van der Waals surface area (Å²) in [5.41, 5.74) is 0. The van der Waals surface area contributed by atoms with Crippen LogP contribution in [0.4, 0.5) is 0 Å². The Bertz CT molecular complexity index is 205. The Labute approximate surface area is 100 Å². The van der Waals surface area contributed by atoms with Gasteiger partial charge in [0.05, 0.1) is 0 Å². The lowest BCUT2D eigenvalue weighted by Crippen LogP contribution is -2.51. The van der Waals surface area contributed by atoms with Crippen LogP contribution in [0.15, 0.2) is 0 Å². The maximum atomic E-state index is 3.63. The molecule has 3 nitrogen and oxygen atoms in total. The lowest BCUT2D eigenvalue weighted by atomic mass is 10.1. The van der Waals surface area contributed by atoms with Crippen LogP contribution in [0.1, 0.15) is 26.2 Å². The molecule has 0 aromatic rings. The van der Waals surface area contributed by atoms with Gasteiger partial charge in [-0.3, -0.25) is 0 Å². The topological polar surface area (TPSA) is 18.5 Å². The summed E-state index contributed by atoms with van der Waals surface area (Å²) in [4.78, 5) is 5.15. The third-order valence-electron chi connectivity index (χ3n) is 3.98. The minimum absolute atomic E-state index is 0.748. The van der Waals surface area contributed by atoms with Crippen molar-refractivity contribution in [1.82, 2.24) is 15.1 Å². The van der Waals surface area contributed by atoms with E-state index in [0.29, 0.717) is 0 Å². The molecule has 2 rings (SSSR count). The van der Waals surface area contributed by atoms with Crippen molar-refractivity contribution < 1.29 is 0 Å². The molecule has 0 aliphatic carbocycles. The van der Waals surface area contributed by atoms with Crippen LogP contribution in [0.2, 0.25) is 0 Å². The number of likely N-dealkylation sites (tertiary alicyclic amines) is 1. The highest BCUT2D eigenvalue weighted by atomic mass is 15.2. The summed E-state index contributed by atoms with van der Waals surface area (Å²) in [6.07, 6.45) is 4.04. The van der Waals surface area contributed by atoms with Crippen LogP contribution in [0, 0.1) is 5.92 Å². The van der Waals surface area contributed by atoms with Crippen molar-refractivity contribution in [2.45, 2.75) is 32.2 Å². The van der Waals surface area contributed by atoms with E-state index in [4.69, 9.17) is 0 Å². The van der Waals surface area contributed by atoms with Crippen LogP contribution in [-0.4, -0.2) is 62.2 Å². The van der Waals surface area contributed by atoms with E-state index in [1.54, 1.807) is 0 Å². The first kappa shape index (κ1) is 12.3. The van der Waals surface area contributed by atoms with Crippen molar-refractivity contribution >= 4 is 0 Å². The summed E-state index contributed by atoms with van der Waals surface area (Å²) in [5, 5.41) is 3.63. The molecule has 0 bridgehead atoms. The predicted molar refractivity (Wildman–Crippen MR) is 68.7 cm³/mol. The Balaban J connectivity index is 1.72. The molecule has 16 heavy (non-hydrogen) atoms. The van der Waals surface area contributed by atoms with Crippen molar-refractivity contribution in [3.63, 3.8) is 0 Å². The van der Waals surface area contributed by atoms with Gasteiger partial charge >= 0.3 is 0 Å². The zero-order valence-electron chi connectivity index (χ0n) is 10.9. The van der Waals surface area contributed by atoms with Gasteiger partial charge in [-0.05, 0) is 32.4 Å². The van der Waals surface area contributed by atoms with Gasteiger partial charge in [-0.25, -0.2) is 0 Å². The quantitative estimate of drug-likeness (QED) is 0.770. The number of hydrogen-bond donors (Lipinski definition) is 1. The first-order valence-corrected chi connectivity index (χ1v) is 6.92. The Morgan fingerprint density at radius 2 is 2.12 bits per heavy atom. The number of nitrogens with one attached hydrogen (secondary N) is 1. The van der Waals surface area contributed by atoms with Crippen molar-refractivity contribution in [1.29, 1.82) is 0 Å². The van der Waals surface area contributed by atoms with Gasteiger partial charge in [-0.2, -0.15) is 0 Å². The van der Waals surface area contributed by atoms with Gasteiger partial charge in [-0.1, -0.05) is 13.3 Å². The van der Waals surface area contributed by atoms with Crippen LogP contribution in [-0.2, 0) is 0 Å². The molecule has 2 fully saturated rings. The fraction of sp³-hybridized carbons (Fsp3) is 1.00. The maximum Gasteiger partial charge on any atom is 0.0195 e. The molecule has 2 aliphatic rings. The number of rotatable bonds is 4. The van der Waals surface area contributed by atoms with Crippen LogP contribution >= 0.6 is 0 Å². The fourth-order valence-corrected chi connectivity index (χ4v) is 3.14. The van der Waals surface area contributed by atoms with Crippen LogP contribution in [0.3, 0.4) is 0 Å². The van der Waals surface area contributed by atoms with Gasteiger partial charge in [0, 0.05) is 38.8 Å². The zero-order valence-corrected chi connectivity index (χ0v) is 10.9. The molecule has 94 valence electrons. The molecule has 3 heteroatoms. The van der Waals surface area contributed by atoms with E-state index in [0.717, 1.165) is 12.0 Å². The summed E-state index contributed by atoms with van der Waals surface area (Å²) in [6, 6.07) is 0.748. The van der Waals surface area contributed by atoms with Crippen molar-refractivity contribution in [3.8, 4) is 0 Å². The Hall–Kier alpha value is -0.120. The van der Waals surface area contributed by atoms with Crippen molar-refractivity contribution in [2.24, 2.45) is 5.92 Å². The molecule has 0 spiro atoms. The molecule has 0 radical (unpaired) electrons. The molecule has 0 aromatic heterocycles. The first-order chi connectivity index (χ1) is 7.78. The van der Waals surface area contributed by atoms with Gasteiger partial charge in [0.1, 0.15) is 0 Å². The van der Waals surface area contributed by atoms with Gasteiger partial charge in [0.15, 0.2) is 0 Å². The Morgan fingerprint density at radius 3 is 2.81 bits per heavy atom. The maximum absolute atomic E-state index is 3.63. The summed E-state index contributed by atoms with van der Waals surface area (Å²) >= 11 is 0. The van der Waals surface area contributed by atoms with E-state index in [9.17, 15) is 0 Å². The minimum Gasteiger partial charge on any atom is -0.311 e. The molecular weight excluding hydrogens is 198 g/mol. The SMILES string of the molecule is CCCC1CN(CC2CCN(C)C2)CCN1. The first-order valence-electron chi connectivity index (χ1n) is 6.92. The van der Waals surface area contributed by atoms with E-state index in [-0.39, 0.29) is 0 Å². The third-order valence-corrected chi connectivity index (χ3v) is 3.98. The summed E-state index contributed by atoms with van der Waals surface area (Å²) in [6.45, 7) is 9.93. The van der Waals surface area contributed by atoms with E-state index in [2.05, 4.69) is 29.1 Å². The van der Waals surface area contributed by atoms with Gasteiger partial charge in [0.2, 0.25) is 0 Å². The van der Waals surface area contributed by atoms with Crippen LogP contribution < -0.4 is 5.32 Å². The largest absolute Gasteiger partial charge is 0.311 e. The Morgan fingerprint density at radius 1 is 1.25 bits per heavy atom. The standard InChI is InChI=1S/C13H27N3/c1-3-4-13-11-16(8-6-14-13)10-12-5-7-15(2)9-12/h12-14H,3-11H2,1-2H3. The van der Waals surface area contributed by atoms with Crippen molar-refractivity contribution in [2.75, 3.05) is 46.3 Å². The molecule has 2 aliphatic heterocycles. The smallest absolute Gasteiger partial charge is 0.0195 e. The average molecular weight is 225 g/mol. The lowest BCUT2D eigenvalue weighted by molar-refractivity contribution is 0.169. The molecule has 2 unspecified atom stereocenters. The summed E-state index contributed by atoms with van der Waals surface area (Å²) in [5.74, 6) is 0.922. The Kier molecular flexibility index (Phi) is 4.62. The van der Waals surface area contributed by atoms with Gasteiger partial charge < -0.3 is 15.1 Å². The van der Waals surface area contributed by atoms with Crippen LogP contribution in [0.25, 0.3) is 0 Å². The average Bonchev–Trinajstić information content (AvgIpc) is 2.65. The molecule has 0 amide bonds. The van der Waals surface area contributed by atoms with Crippen molar-refractivity contribution in [3.05, 3.63) is 0 Å². The molecule has 1 N–H and O–H groups in total. The monoisotopic (exact) mass is 225 g/mol. The second-order valence-corrected chi connectivity index (χ2v) is 5.62. The summed E-state index contributed by atoms with van der Waals surface area (Å²) in [7, 11) is 2.25. The molecule has 0 saturated carbocycles. The van der Waals surface area contributed by atoms with Crippen LogP contribution in [0.5, 0.6) is 0 Å². The molecule has 2 atom stereocenters. The van der Waals surface area contributed by atoms with Gasteiger partial charge in [-0.15, -0.1) is 0 Å². The highest BCUT2D eigenvalue weighted by Crippen LogP contribution is 2.17. The second-order valence-electron chi connectivity index (χ2n) is 5.62.